The lowest BCUT2D eigenvalue weighted by Gasteiger charge is -2.43. The van der Waals surface area contributed by atoms with E-state index in [4.69, 9.17) is 13.9 Å². The first-order valence-electron chi connectivity index (χ1n) is 9.10. The van der Waals surface area contributed by atoms with Crippen molar-refractivity contribution in [3.05, 3.63) is 60.7 Å². The van der Waals surface area contributed by atoms with Gasteiger partial charge in [0, 0.05) is 0 Å². The second-order valence-corrected chi connectivity index (χ2v) is 12.0. The van der Waals surface area contributed by atoms with Gasteiger partial charge in [-0.1, -0.05) is 81.4 Å². The molecule has 2 aromatic rings. The fourth-order valence-electron chi connectivity index (χ4n) is 3.58. The molecule has 3 rings (SSSR count). The van der Waals surface area contributed by atoms with Crippen LogP contribution >= 0.6 is 0 Å². The molecule has 1 N–H and O–H groups in total. The van der Waals surface area contributed by atoms with Crippen molar-refractivity contribution in [3.8, 4) is 0 Å². The molecule has 1 fully saturated rings. The Hall–Kier alpha value is -1.50. The summed E-state index contributed by atoms with van der Waals surface area (Å²) in [6.45, 7) is 7.65. The van der Waals surface area contributed by atoms with Gasteiger partial charge in [-0.3, -0.25) is 0 Å². The number of ether oxygens (including phenoxy) is 2. The molecule has 0 saturated carbocycles. The maximum Gasteiger partial charge on any atom is 0.261 e. The van der Waals surface area contributed by atoms with E-state index in [0.717, 1.165) is 0 Å². The molecular formula is C21H28O4Si. The third kappa shape index (κ3) is 3.92. The smallest absolute Gasteiger partial charge is 0.261 e. The molecule has 2 aromatic carbocycles. The molecule has 4 nitrogen and oxygen atoms in total. The molecule has 0 atom stereocenters. The van der Waals surface area contributed by atoms with Crippen LogP contribution in [-0.4, -0.2) is 45.6 Å². The van der Waals surface area contributed by atoms with E-state index < -0.39 is 20.7 Å². The van der Waals surface area contributed by atoms with Crippen LogP contribution in [0.25, 0.3) is 0 Å². The highest BCUT2D eigenvalue weighted by molar-refractivity contribution is 6.99. The van der Waals surface area contributed by atoms with Crippen molar-refractivity contribution in [3.63, 3.8) is 0 Å². The summed E-state index contributed by atoms with van der Waals surface area (Å²) < 4.78 is 17.9. The molecule has 1 saturated heterocycles. The third-order valence-electron chi connectivity index (χ3n) is 4.80. The summed E-state index contributed by atoms with van der Waals surface area (Å²) in [4.78, 5) is 0. The quantitative estimate of drug-likeness (QED) is 0.818. The van der Waals surface area contributed by atoms with Crippen molar-refractivity contribution in [2.24, 2.45) is 0 Å². The molecule has 0 amide bonds. The number of rotatable bonds is 5. The first kappa shape index (κ1) is 19.3. The van der Waals surface area contributed by atoms with E-state index >= 15 is 0 Å². The summed E-state index contributed by atoms with van der Waals surface area (Å²) in [5, 5.41) is 11.9. The molecular weight excluding hydrogens is 344 g/mol. The lowest BCUT2D eigenvalue weighted by Crippen LogP contribution is -2.67. The molecule has 0 radical (unpaired) electrons. The molecule has 5 heteroatoms. The lowest BCUT2D eigenvalue weighted by atomic mass is 10.2. The summed E-state index contributed by atoms with van der Waals surface area (Å²) in [7, 11) is -2.57. The molecule has 0 spiro atoms. The Morgan fingerprint density at radius 3 is 1.81 bits per heavy atom. The Bertz CT molecular complexity index is 637. The number of benzene rings is 2. The van der Waals surface area contributed by atoms with Crippen molar-refractivity contribution >= 4 is 18.7 Å². The monoisotopic (exact) mass is 372 g/mol. The molecule has 1 heterocycles. The second-order valence-electron chi connectivity index (χ2n) is 7.72. The van der Waals surface area contributed by atoms with Gasteiger partial charge < -0.3 is 19.0 Å². The third-order valence-corrected chi connectivity index (χ3v) is 9.81. The van der Waals surface area contributed by atoms with Gasteiger partial charge in [0.05, 0.1) is 19.8 Å². The summed E-state index contributed by atoms with van der Waals surface area (Å²) >= 11 is 0. The zero-order chi connectivity index (χ0) is 18.6. The van der Waals surface area contributed by atoms with E-state index in [1.54, 1.807) is 0 Å². The van der Waals surface area contributed by atoms with Crippen LogP contribution in [0.15, 0.2) is 60.7 Å². The van der Waals surface area contributed by atoms with Crippen LogP contribution in [0.2, 0.25) is 5.04 Å². The SMILES string of the molecule is CC(C)(C)[Si](OCC1OCC(O)CO1)(c1ccccc1)c1ccccc1. The van der Waals surface area contributed by atoms with E-state index in [2.05, 4.69) is 69.3 Å². The second kappa shape index (κ2) is 8.02. The predicted octanol–water partition coefficient (Wildman–Crippen LogP) is 2.30. The van der Waals surface area contributed by atoms with Crippen molar-refractivity contribution in [1.82, 2.24) is 0 Å². The molecule has 1 aliphatic rings. The topological polar surface area (TPSA) is 47.9 Å². The van der Waals surface area contributed by atoms with Gasteiger partial charge in [-0.05, 0) is 15.4 Å². The highest BCUT2D eigenvalue weighted by atomic mass is 28.4. The summed E-state index contributed by atoms with van der Waals surface area (Å²) in [6.07, 6.45) is -1.00. The lowest BCUT2D eigenvalue weighted by molar-refractivity contribution is -0.226. The standard InChI is InChI=1S/C21H28O4Si/c1-21(2,3)26(18-10-6-4-7-11-18,19-12-8-5-9-13-19)25-16-20-23-14-17(22)15-24-20/h4-13,17,20,22H,14-16H2,1-3H3. The molecule has 0 aliphatic carbocycles. The fraction of sp³-hybridized carbons (Fsp3) is 0.429. The average molecular weight is 373 g/mol. The Kier molecular flexibility index (Phi) is 5.95. The van der Waals surface area contributed by atoms with Gasteiger partial charge in [0.1, 0.15) is 6.10 Å². The average Bonchev–Trinajstić information content (AvgIpc) is 2.64. The predicted molar refractivity (Wildman–Crippen MR) is 105 cm³/mol. The maximum atomic E-state index is 9.56. The van der Waals surface area contributed by atoms with E-state index in [1.807, 2.05) is 12.1 Å². The fourth-order valence-corrected chi connectivity index (χ4v) is 8.13. The van der Waals surface area contributed by atoms with Crippen LogP contribution in [0.5, 0.6) is 0 Å². The van der Waals surface area contributed by atoms with Crippen LogP contribution in [0.3, 0.4) is 0 Å². The number of hydrogen-bond donors (Lipinski definition) is 1. The van der Waals surface area contributed by atoms with Crippen LogP contribution in [0.4, 0.5) is 0 Å². The Morgan fingerprint density at radius 2 is 1.38 bits per heavy atom. The minimum absolute atomic E-state index is 0.0795. The van der Waals surface area contributed by atoms with E-state index in [0.29, 0.717) is 6.61 Å². The van der Waals surface area contributed by atoms with Gasteiger partial charge in [0.25, 0.3) is 8.32 Å². The highest BCUT2D eigenvalue weighted by Crippen LogP contribution is 2.36. The van der Waals surface area contributed by atoms with Crippen molar-refractivity contribution in [2.75, 3.05) is 19.8 Å². The van der Waals surface area contributed by atoms with Gasteiger partial charge in [-0.25, -0.2) is 0 Å². The maximum absolute atomic E-state index is 9.56. The van der Waals surface area contributed by atoms with E-state index in [9.17, 15) is 5.11 Å². The minimum Gasteiger partial charge on any atom is -0.402 e. The zero-order valence-corrected chi connectivity index (χ0v) is 16.7. The number of aliphatic hydroxyl groups is 1. The highest BCUT2D eigenvalue weighted by Gasteiger charge is 2.50. The summed E-state index contributed by atoms with van der Waals surface area (Å²) in [5.74, 6) is 0. The van der Waals surface area contributed by atoms with Crippen LogP contribution in [0, 0.1) is 0 Å². The number of hydrogen-bond acceptors (Lipinski definition) is 4. The van der Waals surface area contributed by atoms with Crippen LogP contribution in [-0.2, 0) is 13.9 Å². The van der Waals surface area contributed by atoms with Crippen LogP contribution in [0.1, 0.15) is 20.8 Å². The van der Waals surface area contributed by atoms with Gasteiger partial charge >= 0.3 is 0 Å². The van der Waals surface area contributed by atoms with E-state index in [1.165, 1.54) is 10.4 Å². The normalized spacial score (nSPS) is 21.5. The molecule has 0 unspecified atom stereocenters. The van der Waals surface area contributed by atoms with Gasteiger partial charge in [0.2, 0.25) is 0 Å². The summed E-state index contributed by atoms with van der Waals surface area (Å²) in [5.41, 5.74) is 0. The largest absolute Gasteiger partial charge is 0.402 e. The van der Waals surface area contributed by atoms with Crippen molar-refractivity contribution in [1.29, 1.82) is 0 Å². The van der Waals surface area contributed by atoms with Crippen molar-refractivity contribution < 1.29 is 19.0 Å². The van der Waals surface area contributed by atoms with Gasteiger partial charge in [-0.15, -0.1) is 0 Å². The molecule has 140 valence electrons. The van der Waals surface area contributed by atoms with Crippen molar-refractivity contribution in [2.45, 2.75) is 38.2 Å². The Morgan fingerprint density at radius 1 is 0.923 bits per heavy atom. The Labute approximate surface area is 156 Å². The first-order chi connectivity index (χ1) is 12.4. The zero-order valence-electron chi connectivity index (χ0n) is 15.7. The Balaban J connectivity index is 1.97. The minimum atomic E-state index is -2.57. The molecule has 1 aliphatic heterocycles. The van der Waals surface area contributed by atoms with Gasteiger partial charge in [0.15, 0.2) is 6.29 Å². The summed E-state index contributed by atoms with van der Waals surface area (Å²) in [6, 6.07) is 21.0. The van der Waals surface area contributed by atoms with Gasteiger partial charge in [-0.2, -0.15) is 0 Å². The van der Waals surface area contributed by atoms with Crippen LogP contribution < -0.4 is 10.4 Å². The molecule has 0 aromatic heterocycles. The van der Waals surface area contributed by atoms with E-state index in [-0.39, 0.29) is 18.3 Å². The molecule has 0 bridgehead atoms. The number of aliphatic hydroxyl groups excluding tert-OH is 1. The molecule has 26 heavy (non-hydrogen) atoms. The first-order valence-corrected chi connectivity index (χ1v) is 11.0.